The lowest BCUT2D eigenvalue weighted by Crippen LogP contribution is -2.25. The zero-order chi connectivity index (χ0) is 17.4. The Morgan fingerprint density at radius 2 is 1.65 bits per heavy atom. The van der Waals surface area contributed by atoms with Crippen molar-refractivity contribution >= 4 is 10.0 Å². The lowest BCUT2D eigenvalue weighted by atomic mass is 10.1. The third-order valence-electron chi connectivity index (χ3n) is 4.27. The van der Waals surface area contributed by atoms with Crippen LogP contribution < -0.4 is 9.46 Å². The maximum Gasteiger partial charge on any atom is 0.241 e. The van der Waals surface area contributed by atoms with Gasteiger partial charge in [0, 0.05) is 25.0 Å². The molecule has 1 aromatic carbocycles. The summed E-state index contributed by atoms with van der Waals surface area (Å²) >= 11 is 0. The second-order valence-electron chi connectivity index (χ2n) is 5.87. The first-order valence-electron chi connectivity index (χ1n) is 7.44. The second-order valence-corrected chi connectivity index (χ2v) is 7.57. The maximum absolute atomic E-state index is 12.7. The van der Waals surface area contributed by atoms with Gasteiger partial charge < -0.3 is 9.30 Å². The minimum absolute atomic E-state index is 0.279. The van der Waals surface area contributed by atoms with E-state index in [1.54, 1.807) is 33.1 Å². The number of nitrogens with zero attached hydrogens (tertiary/aromatic N) is 1. The van der Waals surface area contributed by atoms with Crippen molar-refractivity contribution in [3.8, 4) is 5.75 Å². The fraction of sp³-hybridized carbons (Fsp3) is 0.412. The molecule has 0 aliphatic heterocycles. The molecule has 0 spiro atoms. The zero-order valence-electron chi connectivity index (χ0n) is 14.5. The van der Waals surface area contributed by atoms with Gasteiger partial charge in [0.25, 0.3) is 0 Å². The number of ether oxygens (including phenoxy) is 1. The molecule has 5 nitrogen and oxygen atoms in total. The smallest absolute Gasteiger partial charge is 0.241 e. The Labute approximate surface area is 138 Å². The molecule has 126 valence electrons. The van der Waals surface area contributed by atoms with E-state index in [0.717, 1.165) is 17.0 Å². The van der Waals surface area contributed by atoms with Crippen molar-refractivity contribution in [2.45, 2.75) is 39.1 Å². The van der Waals surface area contributed by atoms with E-state index in [1.807, 2.05) is 31.5 Å². The van der Waals surface area contributed by atoms with Gasteiger partial charge in [0.15, 0.2) is 0 Å². The van der Waals surface area contributed by atoms with Crippen LogP contribution in [-0.2, 0) is 23.6 Å². The Morgan fingerprint density at radius 3 is 2.09 bits per heavy atom. The highest BCUT2D eigenvalue weighted by molar-refractivity contribution is 7.89. The molecule has 2 rings (SSSR count). The topological polar surface area (TPSA) is 60.3 Å². The van der Waals surface area contributed by atoms with E-state index in [2.05, 4.69) is 4.72 Å². The Balaban J connectivity index is 2.31. The van der Waals surface area contributed by atoms with Crippen LogP contribution in [0.3, 0.4) is 0 Å². The van der Waals surface area contributed by atoms with Gasteiger partial charge in [-0.1, -0.05) is 0 Å². The van der Waals surface area contributed by atoms with Gasteiger partial charge >= 0.3 is 0 Å². The van der Waals surface area contributed by atoms with Crippen molar-refractivity contribution < 1.29 is 13.2 Å². The van der Waals surface area contributed by atoms with E-state index >= 15 is 0 Å². The predicted molar refractivity (Wildman–Crippen MR) is 91.4 cm³/mol. The highest BCUT2D eigenvalue weighted by Gasteiger charge is 2.21. The van der Waals surface area contributed by atoms with Crippen LogP contribution in [0.2, 0.25) is 0 Å². The summed E-state index contributed by atoms with van der Waals surface area (Å²) in [4.78, 5) is 0.323. The fourth-order valence-electron chi connectivity index (χ4n) is 2.81. The van der Waals surface area contributed by atoms with Crippen molar-refractivity contribution in [3.05, 3.63) is 46.3 Å². The molecule has 0 radical (unpaired) electrons. The lowest BCUT2D eigenvalue weighted by Gasteiger charge is -2.14. The number of hydrogen-bond acceptors (Lipinski definition) is 3. The van der Waals surface area contributed by atoms with Crippen LogP contribution >= 0.6 is 0 Å². The maximum atomic E-state index is 12.7. The Kier molecular flexibility index (Phi) is 4.87. The zero-order valence-corrected chi connectivity index (χ0v) is 15.3. The number of aryl methyl sites for hydroxylation is 3. The Bertz CT molecular complexity index is 813. The summed E-state index contributed by atoms with van der Waals surface area (Å²) in [6, 6.07) is 5.48. The molecule has 0 atom stereocenters. The van der Waals surface area contributed by atoms with Crippen LogP contribution in [-0.4, -0.2) is 20.1 Å². The van der Waals surface area contributed by atoms with Gasteiger partial charge in [0.1, 0.15) is 5.75 Å². The van der Waals surface area contributed by atoms with Crippen LogP contribution in [0.5, 0.6) is 5.75 Å². The fourth-order valence-corrected chi connectivity index (χ4v) is 4.26. The van der Waals surface area contributed by atoms with Crippen LogP contribution in [0.25, 0.3) is 0 Å². The Hall–Kier alpha value is -1.79. The van der Waals surface area contributed by atoms with Crippen LogP contribution in [0.1, 0.15) is 28.1 Å². The van der Waals surface area contributed by atoms with Gasteiger partial charge in [-0.2, -0.15) is 0 Å². The van der Waals surface area contributed by atoms with Gasteiger partial charge in [-0.25, -0.2) is 13.1 Å². The van der Waals surface area contributed by atoms with E-state index in [1.165, 1.54) is 0 Å². The van der Waals surface area contributed by atoms with E-state index in [9.17, 15) is 8.42 Å². The van der Waals surface area contributed by atoms with Crippen LogP contribution in [0.15, 0.2) is 23.1 Å². The molecule has 0 saturated heterocycles. The van der Waals surface area contributed by atoms with Crippen LogP contribution in [0.4, 0.5) is 0 Å². The van der Waals surface area contributed by atoms with Gasteiger partial charge in [0.05, 0.1) is 12.0 Å². The normalized spacial score (nSPS) is 11.7. The van der Waals surface area contributed by atoms with E-state index < -0.39 is 10.0 Å². The van der Waals surface area contributed by atoms with Gasteiger partial charge in [-0.3, -0.25) is 0 Å². The number of methoxy groups -OCH3 is 1. The summed E-state index contributed by atoms with van der Waals surface area (Å²) in [6.07, 6.45) is 0. The minimum atomic E-state index is -3.58. The molecule has 0 saturated carbocycles. The van der Waals surface area contributed by atoms with Crippen LogP contribution in [0, 0.1) is 27.7 Å². The minimum Gasteiger partial charge on any atom is -0.497 e. The number of benzene rings is 1. The monoisotopic (exact) mass is 336 g/mol. The summed E-state index contributed by atoms with van der Waals surface area (Å²) in [5.74, 6) is 0.661. The summed E-state index contributed by atoms with van der Waals surface area (Å²) in [6.45, 7) is 7.83. The average Bonchev–Trinajstić information content (AvgIpc) is 2.71. The molecule has 1 N–H and O–H groups in total. The van der Waals surface area contributed by atoms with Crippen molar-refractivity contribution in [3.63, 3.8) is 0 Å². The highest BCUT2D eigenvalue weighted by atomic mass is 32.2. The van der Waals surface area contributed by atoms with Crippen molar-refractivity contribution in [2.75, 3.05) is 7.11 Å². The largest absolute Gasteiger partial charge is 0.497 e. The molecule has 23 heavy (non-hydrogen) atoms. The Morgan fingerprint density at radius 1 is 1.09 bits per heavy atom. The number of sulfonamides is 1. The van der Waals surface area contributed by atoms with E-state index in [-0.39, 0.29) is 6.54 Å². The predicted octanol–water partition coefficient (Wildman–Crippen LogP) is 2.75. The lowest BCUT2D eigenvalue weighted by molar-refractivity contribution is 0.413. The number of hydrogen-bond donors (Lipinski definition) is 1. The second kappa shape index (κ2) is 6.37. The molecule has 0 amide bonds. The molecule has 0 aliphatic carbocycles. The van der Waals surface area contributed by atoms with Crippen molar-refractivity contribution in [2.24, 2.45) is 7.05 Å². The molecule has 1 heterocycles. The summed E-state index contributed by atoms with van der Waals surface area (Å²) in [5, 5.41) is 0. The number of nitrogens with one attached hydrogen (secondary N) is 1. The van der Waals surface area contributed by atoms with E-state index in [4.69, 9.17) is 4.74 Å². The first-order valence-corrected chi connectivity index (χ1v) is 8.92. The highest BCUT2D eigenvalue weighted by Crippen LogP contribution is 2.26. The average molecular weight is 336 g/mol. The summed E-state index contributed by atoms with van der Waals surface area (Å²) in [7, 11) is -0.0367. The third-order valence-corrected chi connectivity index (χ3v) is 5.98. The van der Waals surface area contributed by atoms with Gasteiger partial charge in [0.2, 0.25) is 10.0 Å². The first-order chi connectivity index (χ1) is 10.7. The third kappa shape index (κ3) is 3.43. The van der Waals surface area contributed by atoms with Gasteiger partial charge in [-0.05, 0) is 62.6 Å². The number of rotatable bonds is 5. The molecule has 1 aromatic heterocycles. The first kappa shape index (κ1) is 17.6. The van der Waals surface area contributed by atoms with Crippen molar-refractivity contribution in [1.82, 2.24) is 9.29 Å². The van der Waals surface area contributed by atoms with Crippen molar-refractivity contribution in [1.29, 1.82) is 0 Å². The molecule has 6 heteroatoms. The molecule has 0 unspecified atom stereocenters. The standard InChI is InChI=1S/C17H24N2O3S/c1-11-7-16(22-6)8-12(2)17(11)23(20,21)18-10-15-9-13(3)19(5)14(15)4/h7-9,18H,10H2,1-6H3. The molecule has 2 aromatic rings. The van der Waals surface area contributed by atoms with E-state index in [0.29, 0.717) is 21.8 Å². The van der Waals surface area contributed by atoms with Gasteiger partial charge in [-0.15, -0.1) is 0 Å². The molecular formula is C17H24N2O3S. The molecule has 0 aliphatic rings. The quantitative estimate of drug-likeness (QED) is 0.913. The number of aromatic nitrogens is 1. The molecular weight excluding hydrogens is 312 g/mol. The molecule has 0 fully saturated rings. The summed E-state index contributed by atoms with van der Waals surface area (Å²) < 4.78 is 35.3. The molecule has 0 bridgehead atoms. The SMILES string of the molecule is COc1cc(C)c(S(=O)(=O)NCc2cc(C)n(C)c2C)c(C)c1. The summed E-state index contributed by atoms with van der Waals surface area (Å²) in [5.41, 5.74) is 4.50.